The molecule has 9 nitrogen and oxygen atoms in total. The molecule has 0 fully saturated rings. The lowest BCUT2D eigenvalue weighted by Crippen LogP contribution is -2.43. The van der Waals surface area contributed by atoms with Gasteiger partial charge in [-0.15, -0.1) is 0 Å². The summed E-state index contributed by atoms with van der Waals surface area (Å²) in [5.41, 5.74) is -0.128. The summed E-state index contributed by atoms with van der Waals surface area (Å²) in [6, 6.07) is 13.8. The Kier molecular flexibility index (Phi) is 8.95. The summed E-state index contributed by atoms with van der Waals surface area (Å²) in [7, 11) is -4.18. The molecule has 33 heavy (non-hydrogen) atoms. The summed E-state index contributed by atoms with van der Waals surface area (Å²) < 4.78 is 34.0. The molecule has 0 radical (unpaired) electrons. The van der Waals surface area contributed by atoms with Crippen molar-refractivity contribution >= 4 is 21.8 Å². The number of nitrogens with zero attached hydrogens (tertiary/aromatic N) is 1. The maximum atomic E-state index is 13.0. The van der Waals surface area contributed by atoms with Gasteiger partial charge in [0.25, 0.3) is 5.69 Å². The lowest BCUT2D eigenvalue weighted by molar-refractivity contribution is -0.387. The van der Waals surface area contributed by atoms with E-state index in [9.17, 15) is 23.3 Å². The van der Waals surface area contributed by atoms with Crippen molar-refractivity contribution in [3.63, 3.8) is 0 Å². The van der Waals surface area contributed by atoms with E-state index in [4.69, 9.17) is 4.74 Å². The van der Waals surface area contributed by atoms with Gasteiger partial charge < -0.3 is 10.1 Å². The second-order valence-corrected chi connectivity index (χ2v) is 10.5. The van der Waals surface area contributed by atoms with Crippen LogP contribution < -0.4 is 10.0 Å². The molecule has 0 heterocycles. The van der Waals surface area contributed by atoms with Crippen molar-refractivity contribution in [3.05, 3.63) is 70.3 Å². The molecule has 2 aromatic rings. The van der Waals surface area contributed by atoms with Crippen LogP contribution in [0.25, 0.3) is 0 Å². The number of nitro benzene ring substituents is 1. The van der Waals surface area contributed by atoms with Crippen molar-refractivity contribution in [3.8, 4) is 0 Å². The molecular formula is C23H31N3O6S. The number of benzene rings is 2. The van der Waals surface area contributed by atoms with Crippen LogP contribution in [0.15, 0.2) is 59.5 Å². The number of aryl methyl sites for hydroxylation is 1. The lowest BCUT2D eigenvalue weighted by Gasteiger charge is -2.25. The van der Waals surface area contributed by atoms with Gasteiger partial charge in [-0.2, -0.15) is 0 Å². The number of ether oxygens (including phenoxy) is 1. The third kappa shape index (κ3) is 8.82. The fraction of sp³-hybridized carbons (Fsp3) is 0.435. The number of hydrogen-bond acceptors (Lipinski definition) is 6. The first-order valence-corrected chi connectivity index (χ1v) is 12.1. The molecule has 0 aliphatic heterocycles. The molecule has 180 valence electrons. The summed E-state index contributed by atoms with van der Waals surface area (Å²) in [5.74, 6) is 0. The number of nitro groups is 1. The van der Waals surface area contributed by atoms with Gasteiger partial charge in [0.1, 0.15) is 5.60 Å². The van der Waals surface area contributed by atoms with Crippen molar-refractivity contribution in [2.24, 2.45) is 0 Å². The molecule has 0 spiro atoms. The van der Waals surface area contributed by atoms with Crippen molar-refractivity contribution in [1.82, 2.24) is 10.0 Å². The summed E-state index contributed by atoms with van der Waals surface area (Å²) in [6.07, 6.45) is 0.693. The largest absolute Gasteiger partial charge is 0.444 e. The molecule has 0 saturated carbocycles. The third-order valence-electron chi connectivity index (χ3n) is 4.70. The minimum absolute atomic E-state index is 0.270. The Hall–Kier alpha value is -2.98. The molecule has 0 aliphatic rings. The normalized spacial score (nSPS) is 13.7. The van der Waals surface area contributed by atoms with Crippen molar-refractivity contribution < 1.29 is 22.9 Å². The molecule has 1 unspecified atom stereocenters. The highest BCUT2D eigenvalue weighted by atomic mass is 32.2. The summed E-state index contributed by atoms with van der Waals surface area (Å²) >= 11 is 0. The maximum Gasteiger partial charge on any atom is 0.407 e. The first-order valence-electron chi connectivity index (χ1n) is 10.7. The lowest BCUT2D eigenvalue weighted by atomic mass is 10.0. The average molecular weight is 478 g/mol. The number of nitrogens with one attached hydrogen (secondary N) is 2. The highest BCUT2D eigenvalue weighted by Gasteiger charge is 2.29. The number of carbonyl (C=O) groups excluding carboxylic acids is 1. The van der Waals surface area contributed by atoms with Gasteiger partial charge in [0.15, 0.2) is 4.90 Å². The standard InChI is InChI=1S/C23H31N3O6S/c1-17(24-22(27)32-23(2,3)4)16-19(15-14-18-10-6-5-7-11-18)25-33(30,31)21-13-9-8-12-20(21)26(28)29/h5-13,17,19,25H,14-16H2,1-4H3,(H,24,27)/t17-,19?/m1/s1. The third-order valence-corrected chi connectivity index (χ3v) is 6.27. The van der Waals surface area contributed by atoms with Gasteiger partial charge in [0, 0.05) is 18.2 Å². The van der Waals surface area contributed by atoms with Crippen LogP contribution in [0.2, 0.25) is 0 Å². The predicted octanol–water partition coefficient (Wildman–Crippen LogP) is 4.18. The number of amides is 1. The zero-order chi connectivity index (χ0) is 24.6. The molecule has 2 rings (SSSR count). The number of sulfonamides is 1. The van der Waals surface area contributed by atoms with E-state index in [-0.39, 0.29) is 6.42 Å². The quantitative estimate of drug-likeness (QED) is 0.390. The molecule has 2 N–H and O–H groups in total. The molecule has 0 saturated heterocycles. The van der Waals surface area contributed by atoms with Crippen LogP contribution in [-0.4, -0.2) is 37.1 Å². The van der Waals surface area contributed by atoms with Gasteiger partial charge in [-0.25, -0.2) is 17.9 Å². The Labute approximate surface area is 194 Å². The molecule has 10 heteroatoms. The van der Waals surface area contributed by atoms with Crippen LogP contribution in [0, 0.1) is 10.1 Å². The zero-order valence-electron chi connectivity index (χ0n) is 19.3. The van der Waals surface area contributed by atoms with Gasteiger partial charge >= 0.3 is 6.09 Å². The Morgan fingerprint density at radius 2 is 1.70 bits per heavy atom. The Bertz CT molecular complexity index is 1050. The predicted molar refractivity (Wildman–Crippen MR) is 125 cm³/mol. The van der Waals surface area contributed by atoms with Crippen LogP contribution in [0.1, 0.15) is 46.1 Å². The Balaban J connectivity index is 2.19. The van der Waals surface area contributed by atoms with Gasteiger partial charge in [-0.05, 0) is 58.6 Å². The van der Waals surface area contributed by atoms with Crippen LogP contribution in [0.5, 0.6) is 0 Å². The van der Waals surface area contributed by atoms with E-state index in [2.05, 4.69) is 10.0 Å². The maximum absolute atomic E-state index is 13.0. The SMILES string of the molecule is C[C@H](CC(CCc1ccccc1)NS(=O)(=O)c1ccccc1[N+](=O)[O-])NC(=O)OC(C)(C)C. The minimum Gasteiger partial charge on any atom is -0.444 e. The number of alkyl carbamates (subject to hydrolysis) is 1. The van der Waals surface area contributed by atoms with E-state index in [1.165, 1.54) is 18.2 Å². The molecule has 2 aromatic carbocycles. The topological polar surface area (TPSA) is 128 Å². The second-order valence-electron chi connectivity index (χ2n) is 8.85. The van der Waals surface area contributed by atoms with Crippen LogP contribution in [0.3, 0.4) is 0 Å². The average Bonchev–Trinajstić information content (AvgIpc) is 2.71. The molecule has 0 bridgehead atoms. The highest BCUT2D eigenvalue weighted by Crippen LogP contribution is 2.24. The van der Waals surface area contributed by atoms with Crippen molar-refractivity contribution in [2.45, 2.75) is 69.5 Å². The first-order chi connectivity index (χ1) is 15.4. The minimum atomic E-state index is -4.18. The second kappa shape index (κ2) is 11.2. The smallest absolute Gasteiger partial charge is 0.407 e. The van der Waals surface area contributed by atoms with E-state index in [1.54, 1.807) is 27.7 Å². The highest BCUT2D eigenvalue weighted by molar-refractivity contribution is 7.89. The van der Waals surface area contributed by atoms with E-state index in [0.29, 0.717) is 12.8 Å². The van der Waals surface area contributed by atoms with Crippen molar-refractivity contribution in [2.75, 3.05) is 0 Å². The summed E-state index contributed by atoms with van der Waals surface area (Å²) in [4.78, 5) is 22.3. The van der Waals surface area contributed by atoms with Crippen LogP contribution in [0.4, 0.5) is 10.5 Å². The molecule has 2 atom stereocenters. The first kappa shape index (κ1) is 26.3. The van der Waals surface area contributed by atoms with Crippen LogP contribution >= 0.6 is 0 Å². The van der Waals surface area contributed by atoms with E-state index in [0.717, 1.165) is 11.6 Å². The van der Waals surface area contributed by atoms with Crippen molar-refractivity contribution in [1.29, 1.82) is 0 Å². The Morgan fingerprint density at radius 3 is 2.30 bits per heavy atom. The number of para-hydroxylation sites is 1. The van der Waals surface area contributed by atoms with Crippen LogP contribution in [-0.2, 0) is 21.2 Å². The van der Waals surface area contributed by atoms with Gasteiger partial charge in [-0.3, -0.25) is 10.1 Å². The fourth-order valence-electron chi connectivity index (χ4n) is 3.32. The summed E-state index contributed by atoms with van der Waals surface area (Å²) in [5, 5.41) is 14.0. The summed E-state index contributed by atoms with van der Waals surface area (Å²) in [6.45, 7) is 7.00. The molecule has 1 amide bonds. The monoisotopic (exact) mass is 477 g/mol. The number of hydrogen-bond donors (Lipinski definition) is 2. The van der Waals surface area contributed by atoms with E-state index < -0.39 is 49.3 Å². The molecule has 0 aliphatic carbocycles. The fourth-order valence-corrected chi connectivity index (χ4v) is 4.78. The number of rotatable bonds is 10. The van der Waals surface area contributed by atoms with Gasteiger partial charge in [0.2, 0.25) is 10.0 Å². The van der Waals surface area contributed by atoms with Gasteiger partial charge in [-0.1, -0.05) is 42.5 Å². The van der Waals surface area contributed by atoms with E-state index in [1.807, 2.05) is 30.3 Å². The van der Waals surface area contributed by atoms with Gasteiger partial charge in [0.05, 0.1) is 4.92 Å². The Morgan fingerprint density at radius 1 is 1.09 bits per heavy atom. The molecule has 0 aromatic heterocycles. The van der Waals surface area contributed by atoms with E-state index >= 15 is 0 Å². The number of carbonyl (C=O) groups is 1. The zero-order valence-corrected chi connectivity index (χ0v) is 20.1. The molecular weight excluding hydrogens is 446 g/mol.